The number of hydrogen-bond donors (Lipinski definition) is 0. The molecule has 0 bridgehead atoms. The van der Waals surface area contributed by atoms with E-state index < -0.39 is 0 Å². The molecule has 2 nitrogen and oxygen atoms in total. The number of furan rings is 1. The Hall–Kier alpha value is -0.760. The standard InChI is InChI=1S/C11H19NO/c1-8(2)12(5)7-11-6-9(3)13-10(11)4/h6,8H,7H2,1-5H3. The van der Waals surface area contributed by atoms with E-state index in [1.165, 1.54) is 5.56 Å². The Kier molecular flexibility index (Phi) is 3.15. The molecule has 13 heavy (non-hydrogen) atoms. The molecule has 2 heteroatoms. The fourth-order valence-corrected chi connectivity index (χ4v) is 1.29. The van der Waals surface area contributed by atoms with Gasteiger partial charge in [-0.3, -0.25) is 4.90 Å². The second-order valence-corrected chi connectivity index (χ2v) is 3.95. The maximum atomic E-state index is 5.47. The van der Waals surface area contributed by atoms with Gasteiger partial charge in [0.25, 0.3) is 0 Å². The molecule has 74 valence electrons. The van der Waals surface area contributed by atoms with Crippen LogP contribution in [0, 0.1) is 13.8 Å². The quantitative estimate of drug-likeness (QED) is 0.713. The first-order valence-corrected chi connectivity index (χ1v) is 4.77. The van der Waals surface area contributed by atoms with E-state index in [1.54, 1.807) is 0 Å². The fourth-order valence-electron chi connectivity index (χ4n) is 1.29. The van der Waals surface area contributed by atoms with E-state index in [4.69, 9.17) is 4.42 Å². The minimum Gasteiger partial charge on any atom is -0.466 e. The maximum absolute atomic E-state index is 5.47. The second kappa shape index (κ2) is 3.97. The molecule has 0 fully saturated rings. The zero-order chi connectivity index (χ0) is 10.0. The molecule has 0 radical (unpaired) electrons. The van der Waals surface area contributed by atoms with Crippen molar-refractivity contribution < 1.29 is 4.42 Å². The molecular formula is C11H19NO. The summed E-state index contributed by atoms with van der Waals surface area (Å²) in [6.07, 6.45) is 0. The number of rotatable bonds is 3. The molecule has 1 rings (SSSR count). The lowest BCUT2D eigenvalue weighted by molar-refractivity contribution is 0.264. The molecular weight excluding hydrogens is 162 g/mol. The molecule has 1 aromatic heterocycles. The number of aryl methyl sites for hydroxylation is 2. The zero-order valence-corrected chi connectivity index (χ0v) is 9.22. The van der Waals surface area contributed by atoms with Crippen molar-refractivity contribution in [2.75, 3.05) is 7.05 Å². The molecule has 0 spiro atoms. The lowest BCUT2D eigenvalue weighted by Crippen LogP contribution is -2.25. The Morgan fingerprint density at radius 3 is 2.38 bits per heavy atom. The highest BCUT2D eigenvalue weighted by molar-refractivity contribution is 5.19. The SMILES string of the molecule is Cc1cc(CN(C)C(C)C)c(C)o1. The van der Waals surface area contributed by atoms with Gasteiger partial charge in [-0.25, -0.2) is 0 Å². The van der Waals surface area contributed by atoms with Crippen LogP contribution in [-0.2, 0) is 6.54 Å². The summed E-state index contributed by atoms with van der Waals surface area (Å²) in [7, 11) is 2.13. The summed E-state index contributed by atoms with van der Waals surface area (Å²) in [6.45, 7) is 9.38. The van der Waals surface area contributed by atoms with Crippen LogP contribution in [0.4, 0.5) is 0 Å². The monoisotopic (exact) mass is 181 g/mol. The minimum atomic E-state index is 0.578. The van der Waals surface area contributed by atoms with Gasteiger partial charge in [0.1, 0.15) is 11.5 Å². The molecule has 1 heterocycles. The average Bonchev–Trinajstić information content (AvgIpc) is 2.30. The normalized spacial score (nSPS) is 11.6. The molecule has 0 saturated carbocycles. The van der Waals surface area contributed by atoms with Gasteiger partial charge < -0.3 is 4.42 Å². The summed E-state index contributed by atoms with van der Waals surface area (Å²) in [5.41, 5.74) is 1.30. The van der Waals surface area contributed by atoms with E-state index in [2.05, 4.69) is 31.9 Å². The first-order valence-electron chi connectivity index (χ1n) is 4.77. The van der Waals surface area contributed by atoms with Crippen molar-refractivity contribution in [1.29, 1.82) is 0 Å². The van der Waals surface area contributed by atoms with E-state index in [-0.39, 0.29) is 0 Å². The van der Waals surface area contributed by atoms with Gasteiger partial charge in [0.2, 0.25) is 0 Å². The third kappa shape index (κ3) is 2.59. The zero-order valence-electron chi connectivity index (χ0n) is 9.22. The van der Waals surface area contributed by atoms with Crippen LogP contribution in [0.3, 0.4) is 0 Å². The summed E-state index contributed by atoms with van der Waals surface area (Å²) in [5.74, 6) is 2.05. The highest BCUT2D eigenvalue weighted by atomic mass is 16.3. The van der Waals surface area contributed by atoms with Crippen LogP contribution < -0.4 is 0 Å². The van der Waals surface area contributed by atoms with Crippen molar-refractivity contribution in [1.82, 2.24) is 4.90 Å². The molecule has 0 aliphatic carbocycles. The topological polar surface area (TPSA) is 16.4 Å². The van der Waals surface area contributed by atoms with E-state index in [0.29, 0.717) is 6.04 Å². The molecule has 0 aromatic carbocycles. The van der Waals surface area contributed by atoms with Gasteiger partial charge in [0.05, 0.1) is 0 Å². The Morgan fingerprint density at radius 1 is 1.38 bits per heavy atom. The molecule has 0 amide bonds. The fraction of sp³-hybridized carbons (Fsp3) is 0.636. The first-order chi connectivity index (χ1) is 6.00. The smallest absolute Gasteiger partial charge is 0.105 e. The second-order valence-electron chi connectivity index (χ2n) is 3.95. The van der Waals surface area contributed by atoms with Crippen LogP contribution in [0.25, 0.3) is 0 Å². The largest absolute Gasteiger partial charge is 0.466 e. The van der Waals surface area contributed by atoms with Gasteiger partial charge in [-0.1, -0.05) is 0 Å². The van der Waals surface area contributed by atoms with Crippen molar-refractivity contribution >= 4 is 0 Å². The predicted molar refractivity (Wildman–Crippen MR) is 54.8 cm³/mol. The third-order valence-electron chi connectivity index (χ3n) is 2.45. The van der Waals surface area contributed by atoms with E-state index in [0.717, 1.165) is 18.1 Å². The molecule has 0 saturated heterocycles. The van der Waals surface area contributed by atoms with Crippen LogP contribution in [0.2, 0.25) is 0 Å². The number of nitrogens with zero attached hydrogens (tertiary/aromatic N) is 1. The van der Waals surface area contributed by atoms with Gasteiger partial charge >= 0.3 is 0 Å². The van der Waals surface area contributed by atoms with Crippen molar-refractivity contribution in [3.05, 3.63) is 23.2 Å². The van der Waals surface area contributed by atoms with Crippen molar-refractivity contribution in [3.8, 4) is 0 Å². The van der Waals surface area contributed by atoms with Crippen LogP contribution in [0.5, 0.6) is 0 Å². The summed E-state index contributed by atoms with van der Waals surface area (Å²) in [6, 6.07) is 2.70. The van der Waals surface area contributed by atoms with Gasteiger partial charge in [0, 0.05) is 18.2 Å². The molecule has 0 unspecified atom stereocenters. The minimum absolute atomic E-state index is 0.578. The number of hydrogen-bond acceptors (Lipinski definition) is 2. The van der Waals surface area contributed by atoms with Crippen LogP contribution >= 0.6 is 0 Å². The highest BCUT2D eigenvalue weighted by Crippen LogP contribution is 2.15. The molecule has 1 aromatic rings. The summed E-state index contributed by atoms with van der Waals surface area (Å²) >= 11 is 0. The van der Waals surface area contributed by atoms with Crippen LogP contribution in [0.1, 0.15) is 30.9 Å². The maximum Gasteiger partial charge on any atom is 0.105 e. The average molecular weight is 181 g/mol. The molecule has 0 aliphatic heterocycles. The molecule has 0 N–H and O–H groups in total. The van der Waals surface area contributed by atoms with E-state index >= 15 is 0 Å². The molecule has 0 atom stereocenters. The molecule has 0 aliphatic rings. The summed E-state index contributed by atoms with van der Waals surface area (Å²) in [4.78, 5) is 2.30. The van der Waals surface area contributed by atoms with Crippen molar-refractivity contribution in [2.45, 2.75) is 40.3 Å². The lowest BCUT2D eigenvalue weighted by atomic mass is 10.2. The first kappa shape index (κ1) is 10.3. The highest BCUT2D eigenvalue weighted by Gasteiger charge is 2.09. The van der Waals surface area contributed by atoms with Crippen molar-refractivity contribution in [3.63, 3.8) is 0 Å². The van der Waals surface area contributed by atoms with Gasteiger partial charge in [-0.05, 0) is 40.8 Å². The lowest BCUT2D eigenvalue weighted by Gasteiger charge is -2.20. The third-order valence-corrected chi connectivity index (χ3v) is 2.45. The van der Waals surface area contributed by atoms with Gasteiger partial charge in [-0.2, -0.15) is 0 Å². The summed E-state index contributed by atoms with van der Waals surface area (Å²) in [5, 5.41) is 0. The Balaban J connectivity index is 2.68. The Bertz CT molecular complexity index is 276. The predicted octanol–water partition coefficient (Wildman–Crippen LogP) is 2.74. The van der Waals surface area contributed by atoms with Crippen molar-refractivity contribution in [2.24, 2.45) is 0 Å². The van der Waals surface area contributed by atoms with Crippen LogP contribution in [0.15, 0.2) is 10.5 Å². The Morgan fingerprint density at radius 2 is 2.00 bits per heavy atom. The van der Waals surface area contributed by atoms with E-state index in [9.17, 15) is 0 Å². The van der Waals surface area contributed by atoms with E-state index in [1.807, 2.05) is 13.8 Å². The van der Waals surface area contributed by atoms with Gasteiger partial charge in [0.15, 0.2) is 0 Å². The van der Waals surface area contributed by atoms with Gasteiger partial charge in [-0.15, -0.1) is 0 Å². The van der Waals surface area contributed by atoms with Crippen LogP contribution in [-0.4, -0.2) is 18.0 Å². The summed E-state index contributed by atoms with van der Waals surface area (Å²) < 4.78 is 5.47. The Labute approximate surface area is 80.5 Å².